The molecular formula is C19H30N2O. The Balaban J connectivity index is 0.000000397. The topological polar surface area (TPSA) is 81.2 Å². The molecular weight excluding hydrogens is 272 g/mol. The van der Waals surface area contributed by atoms with Gasteiger partial charge in [0.2, 0.25) is 0 Å². The predicted octanol–water partition coefficient (Wildman–Crippen LogP) is 4.60. The van der Waals surface area contributed by atoms with Crippen LogP contribution >= 0.6 is 0 Å². The first-order valence-corrected chi connectivity index (χ1v) is 7.36. The number of anilines is 1. The van der Waals surface area contributed by atoms with Crippen LogP contribution in [-0.4, -0.2) is 5.11 Å². The Bertz CT molecular complexity index is 543. The number of hydrogen-bond donors (Lipinski definition) is 3. The van der Waals surface area contributed by atoms with Crippen LogP contribution in [0.25, 0.3) is 0 Å². The fourth-order valence-electron chi connectivity index (χ4n) is 1.88. The number of nitrogen functional groups attached to an aromatic ring is 1. The maximum Gasteiger partial charge on any atom is 0.0891 e. The first-order valence-electron chi connectivity index (χ1n) is 7.36. The van der Waals surface area contributed by atoms with Crippen molar-refractivity contribution in [3.8, 4) is 0 Å². The van der Waals surface area contributed by atoms with E-state index < -0.39 is 5.60 Å². The van der Waals surface area contributed by atoms with Crippen LogP contribution in [0.3, 0.4) is 0 Å². The quantitative estimate of drug-likeness (QED) is 0.709. The Morgan fingerprint density at radius 2 is 1.50 bits per heavy atom. The summed E-state index contributed by atoms with van der Waals surface area (Å²) >= 11 is 0. The third-order valence-corrected chi connectivity index (χ3v) is 4.13. The van der Waals surface area contributed by atoms with Crippen LogP contribution in [0.4, 0.5) is 5.69 Å². The SMILES string of the molecule is CC(C)C(C)(O)c1ccccc1.Cc1cccc(N)c1C.N. The lowest BCUT2D eigenvalue weighted by Crippen LogP contribution is -2.27. The Labute approximate surface area is 134 Å². The number of aliphatic hydroxyl groups is 1. The molecule has 0 bridgehead atoms. The summed E-state index contributed by atoms with van der Waals surface area (Å²) in [6.45, 7) is 9.99. The highest BCUT2D eigenvalue weighted by atomic mass is 16.3. The molecule has 3 heteroatoms. The van der Waals surface area contributed by atoms with Crippen LogP contribution in [0.1, 0.15) is 37.5 Å². The molecule has 2 aromatic carbocycles. The van der Waals surface area contributed by atoms with E-state index in [0.717, 1.165) is 11.3 Å². The summed E-state index contributed by atoms with van der Waals surface area (Å²) < 4.78 is 0. The second-order valence-corrected chi connectivity index (χ2v) is 5.96. The van der Waals surface area contributed by atoms with Gasteiger partial charge in [-0.05, 0) is 49.4 Å². The van der Waals surface area contributed by atoms with Gasteiger partial charge in [0.05, 0.1) is 5.60 Å². The molecule has 22 heavy (non-hydrogen) atoms. The molecule has 0 saturated carbocycles. The molecule has 0 aliphatic carbocycles. The molecule has 6 N–H and O–H groups in total. The summed E-state index contributed by atoms with van der Waals surface area (Å²) in [5.74, 6) is 0.236. The largest absolute Gasteiger partial charge is 0.399 e. The van der Waals surface area contributed by atoms with E-state index in [1.807, 2.05) is 70.2 Å². The van der Waals surface area contributed by atoms with Gasteiger partial charge in [-0.1, -0.05) is 56.3 Å². The molecule has 0 aromatic heterocycles. The van der Waals surface area contributed by atoms with Crippen LogP contribution in [0.2, 0.25) is 0 Å². The number of benzene rings is 2. The zero-order valence-electron chi connectivity index (χ0n) is 14.4. The van der Waals surface area contributed by atoms with E-state index in [9.17, 15) is 5.11 Å². The van der Waals surface area contributed by atoms with Crippen molar-refractivity contribution in [2.75, 3.05) is 5.73 Å². The molecule has 2 rings (SSSR count). The molecule has 0 aliphatic heterocycles. The van der Waals surface area contributed by atoms with Crippen molar-refractivity contribution in [1.29, 1.82) is 0 Å². The number of rotatable bonds is 2. The van der Waals surface area contributed by atoms with Crippen molar-refractivity contribution < 1.29 is 5.11 Å². The summed E-state index contributed by atoms with van der Waals surface area (Å²) in [7, 11) is 0. The summed E-state index contributed by atoms with van der Waals surface area (Å²) in [6, 6.07) is 15.7. The zero-order chi connectivity index (χ0) is 16.0. The minimum atomic E-state index is -0.707. The molecule has 1 atom stereocenters. The Kier molecular flexibility index (Phi) is 7.85. The standard InChI is InChI=1S/C11H16O.C8H11N.H3N/c1-9(2)11(3,12)10-7-5-4-6-8-10;1-6-4-3-5-8(9)7(6)2;/h4-9,12H,1-3H3;3-5H,9H2,1-2H3;1H3. The molecule has 1 unspecified atom stereocenters. The van der Waals surface area contributed by atoms with Crippen LogP contribution in [-0.2, 0) is 5.60 Å². The first-order chi connectivity index (χ1) is 9.76. The van der Waals surface area contributed by atoms with Crippen molar-refractivity contribution >= 4 is 5.69 Å². The average molecular weight is 302 g/mol. The molecule has 0 heterocycles. The van der Waals surface area contributed by atoms with Crippen molar-refractivity contribution in [2.24, 2.45) is 5.92 Å². The van der Waals surface area contributed by atoms with Gasteiger partial charge in [0.25, 0.3) is 0 Å². The highest BCUT2D eigenvalue weighted by Crippen LogP contribution is 2.28. The van der Waals surface area contributed by atoms with Crippen LogP contribution in [0, 0.1) is 19.8 Å². The van der Waals surface area contributed by atoms with Crippen LogP contribution < -0.4 is 11.9 Å². The Morgan fingerprint density at radius 1 is 0.955 bits per heavy atom. The van der Waals surface area contributed by atoms with Crippen molar-refractivity contribution in [3.05, 3.63) is 65.2 Å². The third-order valence-electron chi connectivity index (χ3n) is 4.13. The van der Waals surface area contributed by atoms with Crippen molar-refractivity contribution in [2.45, 2.75) is 40.2 Å². The van der Waals surface area contributed by atoms with Gasteiger partial charge >= 0.3 is 0 Å². The van der Waals surface area contributed by atoms with Gasteiger partial charge < -0.3 is 17.0 Å². The summed E-state index contributed by atoms with van der Waals surface area (Å²) in [6.07, 6.45) is 0. The van der Waals surface area contributed by atoms with Gasteiger partial charge in [-0.25, -0.2) is 0 Å². The molecule has 0 saturated heterocycles. The van der Waals surface area contributed by atoms with Gasteiger partial charge in [0, 0.05) is 5.69 Å². The molecule has 0 fully saturated rings. The van der Waals surface area contributed by atoms with Gasteiger partial charge in [-0.3, -0.25) is 0 Å². The first kappa shape index (κ1) is 20.2. The summed E-state index contributed by atoms with van der Waals surface area (Å²) in [5, 5.41) is 10.1. The monoisotopic (exact) mass is 302 g/mol. The van der Waals surface area contributed by atoms with Crippen LogP contribution in [0.15, 0.2) is 48.5 Å². The highest BCUT2D eigenvalue weighted by Gasteiger charge is 2.26. The zero-order valence-corrected chi connectivity index (χ0v) is 14.4. The maximum atomic E-state index is 10.1. The molecule has 3 nitrogen and oxygen atoms in total. The fourth-order valence-corrected chi connectivity index (χ4v) is 1.88. The predicted molar refractivity (Wildman–Crippen MR) is 96.2 cm³/mol. The van der Waals surface area contributed by atoms with E-state index in [4.69, 9.17) is 5.73 Å². The van der Waals surface area contributed by atoms with E-state index >= 15 is 0 Å². The van der Waals surface area contributed by atoms with E-state index in [1.54, 1.807) is 0 Å². The molecule has 122 valence electrons. The second kappa shape index (κ2) is 8.57. The normalized spacial score (nSPS) is 12.7. The number of nitrogens with two attached hydrogens (primary N) is 1. The molecule has 0 radical (unpaired) electrons. The van der Waals surface area contributed by atoms with Gasteiger partial charge in [-0.15, -0.1) is 0 Å². The van der Waals surface area contributed by atoms with E-state index in [0.29, 0.717) is 0 Å². The lowest BCUT2D eigenvalue weighted by atomic mass is 9.85. The summed E-state index contributed by atoms with van der Waals surface area (Å²) in [4.78, 5) is 0. The molecule has 0 spiro atoms. The highest BCUT2D eigenvalue weighted by molar-refractivity contribution is 5.49. The minimum Gasteiger partial charge on any atom is -0.399 e. The van der Waals surface area contributed by atoms with E-state index in [2.05, 4.69) is 13.0 Å². The summed E-state index contributed by atoms with van der Waals surface area (Å²) in [5.41, 5.74) is 9.24. The number of hydrogen-bond acceptors (Lipinski definition) is 3. The Hall–Kier alpha value is -1.84. The Morgan fingerprint density at radius 3 is 1.91 bits per heavy atom. The van der Waals surface area contributed by atoms with Crippen LogP contribution in [0.5, 0.6) is 0 Å². The average Bonchev–Trinajstić information content (AvgIpc) is 2.46. The van der Waals surface area contributed by atoms with Crippen molar-refractivity contribution in [1.82, 2.24) is 6.15 Å². The fraction of sp³-hybridized carbons (Fsp3) is 0.368. The number of aryl methyl sites for hydroxylation is 1. The van der Waals surface area contributed by atoms with Gasteiger partial charge in [0.15, 0.2) is 0 Å². The van der Waals surface area contributed by atoms with E-state index in [-0.39, 0.29) is 12.1 Å². The lowest BCUT2D eigenvalue weighted by Gasteiger charge is -2.28. The third kappa shape index (κ3) is 5.17. The van der Waals surface area contributed by atoms with Crippen molar-refractivity contribution in [3.63, 3.8) is 0 Å². The molecule has 2 aromatic rings. The molecule has 0 aliphatic rings. The lowest BCUT2D eigenvalue weighted by molar-refractivity contribution is 0.00905. The van der Waals surface area contributed by atoms with Gasteiger partial charge in [-0.2, -0.15) is 0 Å². The minimum absolute atomic E-state index is 0. The second-order valence-electron chi connectivity index (χ2n) is 5.96. The maximum absolute atomic E-state index is 10.1. The molecule has 0 amide bonds. The smallest absolute Gasteiger partial charge is 0.0891 e. The van der Waals surface area contributed by atoms with E-state index in [1.165, 1.54) is 11.1 Å². The van der Waals surface area contributed by atoms with Gasteiger partial charge in [0.1, 0.15) is 0 Å².